The van der Waals surface area contributed by atoms with E-state index in [-0.39, 0.29) is 6.42 Å². The SMILES string of the molecule is CN(C)C[C@@H]1CCC(CCC(=O)O)N1. The summed E-state index contributed by atoms with van der Waals surface area (Å²) in [6, 6.07) is 0.958. The molecule has 0 bridgehead atoms. The van der Waals surface area contributed by atoms with Crippen molar-refractivity contribution in [3.63, 3.8) is 0 Å². The van der Waals surface area contributed by atoms with Crippen LogP contribution in [0.2, 0.25) is 0 Å². The molecule has 0 aliphatic carbocycles. The molecule has 0 saturated carbocycles. The smallest absolute Gasteiger partial charge is 0.303 e. The molecule has 0 amide bonds. The fraction of sp³-hybridized carbons (Fsp3) is 0.900. The average Bonchev–Trinajstić information content (AvgIpc) is 2.47. The number of rotatable bonds is 5. The van der Waals surface area contributed by atoms with E-state index in [2.05, 4.69) is 24.3 Å². The van der Waals surface area contributed by atoms with E-state index in [1.54, 1.807) is 0 Å². The topological polar surface area (TPSA) is 52.6 Å². The largest absolute Gasteiger partial charge is 0.481 e. The highest BCUT2D eigenvalue weighted by Crippen LogP contribution is 2.16. The highest BCUT2D eigenvalue weighted by Gasteiger charge is 2.23. The van der Waals surface area contributed by atoms with E-state index in [0.29, 0.717) is 12.1 Å². The van der Waals surface area contributed by atoms with Crippen molar-refractivity contribution in [1.29, 1.82) is 0 Å². The average molecular weight is 200 g/mol. The maximum absolute atomic E-state index is 10.4. The van der Waals surface area contributed by atoms with Gasteiger partial charge in [-0.3, -0.25) is 4.79 Å². The van der Waals surface area contributed by atoms with Crippen molar-refractivity contribution in [3.05, 3.63) is 0 Å². The minimum atomic E-state index is -0.692. The molecule has 0 aromatic heterocycles. The van der Waals surface area contributed by atoms with Crippen LogP contribution < -0.4 is 5.32 Å². The van der Waals surface area contributed by atoms with Gasteiger partial charge in [0.15, 0.2) is 0 Å². The Morgan fingerprint density at radius 1 is 1.43 bits per heavy atom. The zero-order valence-electron chi connectivity index (χ0n) is 8.99. The Labute approximate surface area is 85.3 Å². The van der Waals surface area contributed by atoms with Crippen LogP contribution >= 0.6 is 0 Å². The van der Waals surface area contributed by atoms with Gasteiger partial charge in [0.2, 0.25) is 0 Å². The summed E-state index contributed by atoms with van der Waals surface area (Å²) in [5.74, 6) is -0.692. The Kier molecular flexibility index (Phi) is 4.35. The van der Waals surface area contributed by atoms with Gasteiger partial charge in [0.05, 0.1) is 0 Å². The van der Waals surface area contributed by atoms with Crippen molar-refractivity contribution < 1.29 is 9.90 Å². The number of hydrogen-bond donors (Lipinski definition) is 2. The summed E-state index contributed by atoms with van der Waals surface area (Å²) in [6.07, 6.45) is 3.33. The quantitative estimate of drug-likeness (QED) is 0.680. The molecule has 1 saturated heterocycles. The molecule has 1 fully saturated rings. The van der Waals surface area contributed by atoms with E-state index < -0.39 is 5.97 Å². The monoisotopic (exact) mass is 200 g/mol. The van der Waals surface area contributed by atoms with Crippen molar-refractivity contribution in [2.45, 2.75) is 37.8 Å². The van der Waals surface area contributed by atoms with Gasteiger partial charge in [-0.1, -0.05) is 0 Å². The lowest BCUT2D eigenvalue weighted by Crippen LogP contribution is -2.37. The van der Waals surface area contributed by atoms with Gasteiger partial charge < -0.3 is 15.3 Å². The summed E-state index contributed by atoms with van der Waals surface area (Å²) in [5, 5.41) is 12.0. The molecule has 1 aliphatic rings. The van der Waals surface area contributed by atoms with Gasteiger partial charge in [0.25, 0.3) is 0 Å². The van der Waals surface area contributed by atoms with Gasteiger partial charge in [-0.2, -0.15) is 0 Å². The molecule has 1 aliphatic heterocycles. The molecule has 0 aromatic rings. The van der Waals surface area contributed by atoms with E-state index in [0.717, 1.165) is 19.4 Å². The van der Waals surface area contributed by atoms with Gasteiger partial charge in [-0.05, 0) is 33.4 Å². The maximum Gasteiger partial charge on any atom is 0.303 e. The lowest BCUT2D eigenvalue weighted by molar-refractivity contribution is -0.137. The Hall–Kier alpha value is -0.610. The van der Waals surface area contributed by atoms with E-state index >= 15 is 0 Å². The van der Waals surface area contributed by atoms with Crippen molar-refractivity contribution in [2.75, 3.05) is 20.6 Å². The Morgan fingerprint density at radius 3 is 2.64 bits per heavy atom. The van der Waals surface area contributed by atoms with Crippen molar-refractivity contribution in [3.8, 4) is 0 Å². The molecule has 1 unspecified atom stereocenters. The van der Waals surface area contributed by atoms with Crippen LogP contribution in [-0.2, 0) is 4.79 Å². The minimum Gasteiger partial charge on any atom is -0.481 e. The molecule has 0 radical (unpaired) electrons. The number of likely N-dealkylation sites (N-methyl/N-ethyl adjacent to an activating group) is 1. The van der Waals surface area contributed by atoms with Gasteiger partial charge in [-0.25, -0.2) is 0 Å². The third kappa shape index (κ3) is 4.07. The van der Waals surface area contributed by atoms with Crippen LogP contribution in [0.1, 0.15) is 25.7 Å². The molecule has 4 heteroatoms. The molecule has 2 atom stereocenters. The first-order valence-electron chi connectivity index (χ1n) is 5.20. The molecule has 1 heterocycles. The van der Waals surface area contributed by atoms with Gasteiger partial charge in [0.1, 0.15) is 0 Å². The van der Waals surface area contributed by atoms with Crippen LogP contribution in [0.4, 0.5) is 0 Å². The number of nitrogens with one attached hydrogen (secondary N) is 1. The number of aliphatic carboxylic acids is 1. The second-order valence-electron chi connectivity index (χ2n) is 4.33. The van der Waals surface area contributed by atoms with E-state index in [1.807, 2.05) is 0 Å². The van der Waals surface area contributed by atoms with Crippen LogP contribution in [0.15, 0.2) is 0 Å². The summed E-state index contributed by atoms with van der Waals surface area (Å²) >= 11 is 0. The van der Waals surface area contributed by atoms with Gasteiger partial charge in [-0.15, -0.1) is 0 Å². The van der Waals surface area contributed by atoms with E-state index in [9.17, 15) is 4.79 Å². The predicted octanol–water partition coefficient (Wildman–Crippen LogP) is 0.533. The van der Waals surface area contributed by atoms with Crippen LogP contribution in [0.5, 0.6) is 0 Å². The number of carboxylic acid groups (broad SMARTS) is 1. The van der Waals surface area contributed by atoms with Crippen molar-refractivity contribution >= 4 is 5.97 Å². The molecule has 14 heavy (non-hydrogen) atoms. The summed E-state index contributed by atoms with van der Waals surface area (Å²) in [5.41, 5.74) is 0. The first-order chi connectivity index (χ1) is 6.58. The zero-order chi connectivity index (χ0) is 10.6. The molecular weight excluding hydrogens is 180 g/mol. The third-order valence-electron chi connectivity index (χ3n) is 2.63. The molecule has 1 rings (SSSR count). The zero-order valence-corrected chi connectivity index (χ0v) is 8.99. The van der Waals surface area contributed by atoms with Crippen LogP contribution in [0, 0.1) is 0 Å². The van der Waals surface area contributed by atoms with Crippen LogP contribution in [-0.4, -0.2) is 48.7 Å². The molecule has 82 valence electrons. The lowest BCUT2D eigenvalue weighted by Gasteiger charge is -2.17. The number of carbonyl (C=O) groups is 1. The number of hydrogen-bond acceptors (Lipinski definition) is 3. The lowest BCUT2D eigenvalue weighted by atomic mass is 10.1. The summed E-state index contributed by atoms with van der Waals surface area (Å²) in [4.78, 5) is 12.5. The van der Waals surface area contributed by atoms with Crippen molar-refractivity contribution in [1.82, 2.24) is 10.2 Å². The second-order valence-corrected chi connectivity index (χ2v) is 4.33. The molecule has 4 nitrogen and oxygen atoms in total. The molecule has 0 spiro atoms. The highest BCUT2D eigenvalue weighted by atomic mass is 16.4. The predicted molar refractivity (Wildman–Crippen MR) is 55.4 cm³/mol. The fourth-order valence-corrected chi connectivity index (χ4v) is 2.01. The first-order valence-corrected chi connectivity index (χ1v) is 5.20. The molecule has 2 N–H and O–H groups in total. The Bertz CT molecular complexity index is 195. The van der Waals surface area contributed by atoms with Gasteiger partial charge in [0, 0.05) is 25.0 Å². The molecule has 0 aromatic carbocycles. The Morgan fingerprint density at radius 2 is 2.07 bits per heavy atom. The Balaban J connectivity index is 2.17. The second kappa shape index (κ2) is 5.32. The normalized spacial score (nSPS) is 27.1. The van der Waals surface area contributed by atoms with E-state index in [4.69, 9.17) is 5.11 Å². The number of nitrogens with zero attached hydrogens (tertiary/aromatic N) is 1. The summed E-state index contributed by atoms with van der Waals surface area (Å²) in [6.45, 7) is 1.05. The van der Waals surface area contributed by atoms with E-state index in [1.165, 1.54) is 6.42 Å². The number of carboxylic acids is 1. The molecular formula is C10H20N2O2. The summed E-state index contributed by atoms with van der Waals surface area (Å²) < 4.78 is 0. The van der Waals surface area contributed by atoms with Crippen molar-refractivity contribution in [2.24, 2.45) is 0 Å². The van der Waals surface area contributed by atoms with Crippen LogP contribution in [0.25, 0.3) is 0 Å². The summed E-state index contributed by atoms with van der Waals surface area (Å²) in [7, 11) is 4.12. The van der Waals surface area contributed by atoms with Crippen LogP contribution in [0.3, 0.4) is 0 Å². The highest BCUT2D eigenvalue weighted by molar-refractivity contribution is 5.66. The minimum absolute atomic E-state index is 0.284. The fourth-order valence-electron chi connectivity index (χ4n) is 2.01. The standard InChI is InChI=1S/C10H20N2O2/c1-12(2)7-9-4-3-8(11-9)5-6-10(13)14/h8-9,11H,3-7H2,1-2H3,(H,13,14)/t8?,9-/m0/s1. The third-order valence-corrected chi connectivity index (χ3v) is 2.63. The van der Waals surface area contributed by atoms with Gasteiger partial charge >= 0.3 is 5.97 Å². The first kappa shape index (κ1) is 11.5. The maximum atomic E-state index is 10.4.